The molecule has 26 heavy (non-hydrogen) atoms. The summed E-state index contributed by atoms with van der Waals surface area (Å²) < 4.78 is 1.06. The average molecular weight is 386 g/mol. The van der Waals surface area contributed by atoms with Gasteiger partial charge in [-0.25, -0.2) is 4.98 Å². The molecular weight excluding hydrogens is 370 g/mol. The van der Waals surface area contributed by atoms with E-state index < -0.39 is 0 Å². The number of benzene rings is 2. The second-order valence-corrected chi connectivity index (χ2v) is 6.91. The number of rotatable bonds is 5. The lowest BCUT2D eigenvalue weighted by atomic mass is 10.2. The van der Waals surface area contributed by atoms with E-state index >= 15 is 0 Å². The molecule has 0 bridgehead atoms. The number of anilines is 2. The predicted molar refractivity (Wildman–Crippen MR) is 108 cm³/mol. The molecule has 0 aliphatic carbocycles. The van der Waals surface area contributed by atoms with Gasteiger partial charge in [-0.1, -0.05) is 30.7 Å². The molecule has 0 unspecified atom stereocenters. The van der Waals surface area contributed by atoms with E-state index in [0.717, 1.165) is 15.2 Å². The number of fused-ring (bicyclic) bond motifs is 1. The third kappa shape index (κ3) is 4.47. The first-order valence-electron chi connectivity index (χ1n) is 7.99. The van der Waals surface area contributed by atoms with Gasteiger partial charge in [0, 0.05) is 18.2 Å². The molecule has 0 saturated heterocycles. The molecule has 5 nitrogen and oxygen atoms in total. The second kappa shape index (κ2) is 8.12. The van der Waals surface area contributed by atoms with Gasteiger partial charge in [-0.05, 0) is 36.4 Å². The van der Waals surface area contributed by atoms with E-state index in [1.165, 1.54) is 17.4 Å². The Labute approximate surface area is 159 Å². The van der Waals surface area contributed by atoms with Crippen LogP contribution in [0.3, 0.4) is 0 Å². The van der Waals surface area contributed by atoms with Gasteiger partial charge in [0.15, 0.2) is 0 Å². The van der Waals surface area contributed by atoms with Gasteiger partial charge in [0.2, 0.25) is 11.8 Å². The molecule has 1 heterocycles. The van der Waals surface area contributed by atoms with Crippen LogP contribution >= 0.6 is 22.9 Å². The quantitative estimate of drug-likeness (QED) is 0.610. The molecule has 3 aromatic rings. The van der Waals surface area contributed by atoms with Crippen molar-refractivity contribution in [3.63, 3.8) is 0 Å². The van der Waals surface area contributed by atoms with Gasteiger partial charge in [0.05, 0.1) is 20.9 Å². The summed E-state index contributed by atoms with van der Waals surface area (Å²) in [5.74, 6) is -0.439. The van der Waals surface area contributed by atoms with E-state index in [2.05, 4.69) is 15.6 Å². The summed E-state index contributed by atoms with van der Waals surface area (Å²) in [5, 5.41) is 6.58. The van der Waals surface area contributed by atoms with Gasteiger partial charge in [0.1, 0.15) is 5.01 Å². The monoisotopic (exact) mass is 385 g/mol. The minimum atomic E-state index is -0.329. The van der Waals surface area contributed by atoms with Gasteiger partial charge in [-0.2, -0.15) is 0 Å². The zero-order valence-electron chi connectivity index (χ0n) is 14.0. The van der Waals surface area contributed by atoms with Crippen molar-refractivity contribution >= 4 is 62.4 Å². The summed E-state index contributed by atoms with van der Waals surface area (Å²) in [6.45, 7) is 1.76. The zero-order valence-corrected chi connectivity index (χ0v) is 15.5. The number of nitrogens with one attached hydrogen (secondary N) is 2. The maximum atomic E-state index is 12.2. The van der Waals surface area contributed by atoms with Crippen LogP contribution in [0.15, 0.2) is 48.5 Å². The Kier molecular flexibility index (Phi) is 5.65. The van der Waals surface area contributed by atoms with Gasteiger partial charge in [0.25, 0.3) is 0 Å². The van der Waals surface area contributed by atoms with E-state index in [4.69, 9.17) is 11.6 Å². The topological polar surface area (TPSA) is 71.1 Å². The molecule has 3 rings (SSSR count). The van der Waals surface area contributed by atoms with Crippen LogP contribution in [0.4, 0.5) is 11.4 Å². The number of hydrogen-bond donors (Lipinski definition) is 2. The van der Waals surface area contributed by atoms with E-state index in [0.29, 0.717) is 22.8 Å². The number of amides is 2. The zero-order chi connectivity index (χ0) is 18.5. The van der Waals surface area contributed by atoms with Crippen LogP contribution < -0.4 is 10.6 Å². The number of halogens is 1. The van der Waals surface area contributed by atoms with Crippen LogP contribution in [0.1, 0.15) is 18.4 Å². The number of para-hydroxylation sites is 1. The number of carbonyl (C=O) groups excluding carboxylic acids is 2. The second-order valence-electron chi connectivity index (χ2n) is 5.44. The highest BCUT2D eigenvalue weighted by atomic mass is 35.5. The average Bonchev–Trinajstić information content (AvgIpc) is 3.05. The van der Waals surface area contributed by atoms with Crippen LogP contribution in [0.2, 0.25) is 5.02 Å². The molecule has 132 valence electrons. The Morgan fingerprint density at radius 3 is 2.77 bits per heavy atom. The molecule has 0 saturated carbocycles. The number of carbonyl (C=O) groups is 2. The Hall–Kier alpha value is -2.70. The lowest BCUT2D eigenvalue weighted by molar-refractivity contribution is -0.116. The fourth-order valence-electron chi connectivity index (χ4n) is 2.23. The lowest BCUT2D eigenvalue weighted by Gasteiger charge is -2.09. The van der Waals surface area contributed by atoms with Crippen LogP contribution in [0, 0.1) is 0 Å². The van der Waals surface area contributed by atoms with Crippen molar-refractivity contribution in [1.82, 2.24) is 4.98 Å². The summed E-state index contributed by atoms with van der Waals surface area (Å²) >= 11 is 7.63. The van der Waals surface area contributed by atoms with Gasteiger partial charge < -0.3 is 10.6 Å². The van der Waals surface area contributed by atoms with Crippen molar-refractivity contribution in [2.45, 2.75) is 13.3 Å². The smallest absolute Gasteiger partial charge is 0.248 e. The van der Waals surface area contributed by atoms with Crippen LogP contribution in [-0.4, -0.2) is 16.8 Å². The minimum absolute atomic E-state index is 0.111. The van der Waals surface area contributed by atoms with Crippen LogP contribution in [0.5, 0.6) is 0 Å². The standard InChI is InChI=1S/C19H16ClN3O2S/c1-2-17(24)21-12-7-8-13(20)15(11-12)22-18(25)9-10-19-23-14-5-3-4-6-16(14)26-19/h3-11H,2H2,1H3,(H,21,24)(H,22,25). The van der Waals surface area contributed by atoms with Crippen LogP contribution in [0.25, 0.3) is 16.3 Å². The highest BCUT2D eigenvalue weighted by molar-refractivity contribution is 7.19. The van der Waals surface area contributed by atoms with Crippen molar-refractivity contribution in [1.29, 1.82) is 0 Å². The molecule has 2 N–H and O–H groups in total. The maximum absolute atomic E-state index is 12.2. The molecule has 0 atom stereocenters. The first-order chi connectivity index (χ1) is 12.5. The van der Waals surface area contributed by atoms with E-state index in [-0.39, 0.29) is 11.8 Å². The molecule has 7 heteroatoms. The summed E-state index contributed by atoms with van der Waals surface area (Å²) in [6, 6.07) is 12.7. The third-order valence-corrected chi connectivity index (χ3v) is 4.85. The van der Waals surface area contributed by atoms with Crippen molar-refractivity contribution in [3.05, 3.63) is 58.6 Å². The lowest BCUT2D eigenvalue weighted by Crippen LogP contribution is -2.11. The fraction of sp³-hybridized carbons (Fsp3) is 0.105. The highest BCUT2D eigenvalue weighted by Crippen LogP contribution is 2.26. The summed E-state index contributed by atoms with van der Waals surface area (Å²) in [5.41, 5.74) is 1.91. The Morgan fingerprint density at radius 2 is 2.00 bits per heavy atom. The first kappa shape index (κ1) is 18.1. The molecule has 0 spiro atoms. The fourth-order valence-corrected chi connectivity index (χ4v) is 3.27. The number of nitrogens with zero attached hydrogens (tertiary/aromatic N) is 1. The Bertz CT molecular complexity index is 964. The highest BCUT2D eigenvalue weighted by Gasteiger charge is 2.07. The molecule has 2 aromatic carbocycles. The molecule has 2 amide bonds. The van der Waals surface area contributed by atoms with Gasteiger partial charge >= 0.3 is 0 Å². The normalized spacial score (nSPS) is 11.0. The molecule has 0 radical (unpaired) electrons. The van der Waals surface area contributed by atoms with E-state index in [1.54, 1.807) is 31.2 Å². The largest absolute Gasteiger partial charge is 0.326 e. The molecule has 0 fully saturated rings. The summed E-state index contributed by atoms with van der Waals surface area (Å²) in [7, 11) is 0. The van der Waals surface area contributed by atoms with Crippen LogP contribution in [-0.2, 0) is 9.59 Å². The van der Waals surface area contributed by atoms with Gasteiger partial charge in [-0.3, -0.25) is 9.59 Å². The van der Waals surface area contributed by atoms with Crippen molar-refractivity contribution in [3.8, 4) is 0 Å². The van der Waals surface area contributed by atoms with Crippen molar-refractivity contribution in [2.24, 2.45) is 0 Å². The molecular formula is C19H16ClN3O2S. The molecule has 0 aliphatic heterocycles. The predicted octanol–water partition coefficient (Wildman–Crippen LogP) is 4.95. The summed E-state index contributed by atoms with van der Waals surface area (Å²) in [4.78, 5) is 28.1. The van der Waals surface area contributed by atoms with Crippen molar-refractivity contribution in [2.75, 3.05) is 10.6 Å². The van der Waals surface area contributed by atoms with Gasteiger partial charge in [-0.15, -0.1) is 11.3 Å². The summed E-state index contributed by atoms with van der Waals surface area (Å²) in [6.07, 6.45) is 3.44. The number of aromatic nitrogens is 1. The number of thiazole rings is 1. The van der Waals surface area contributed by atoms with Crippen molar-refractivity contribution < 1.29 is 9.59 Å². The maximum Gasteiger partial charge on any atom is 0.248 e. The molecule has 0 aliphatic rings. The third-order valence-electron chi connectivity index (χ3n) is 3.52. The SMILES string of the molecule is CCC(=O)Nc1ccc(Cl)c(NC(=O)C=Cc2nc3ccccc3s2)c1. The van der Waals surface area contributed by atoms with E-state index in [9.17, 15) is 9.59 Å². The Morgan fingerprint density at radius 1 is 1.19 bits per heavy atom. The first-order valence-corrected chi connectivity index (χ1v) is 9.18. The molecule has 1 aromatic heterocycles. The Balaban J connectivity index is 1.70. The van der Waals surface area contributed by atoms with E-state index in [1.807, 2.05) is 24.3 Å². The number of hydrogen-bond acceptors (Lipinski definition) is 4. The minimum Gasteiger partial charge on any atom is -0.326 e.